The molecule has 182 valence electrons. The van der Waals surface area contributed by atoms with E-state index in [9.17, 15) is 4.79 Å². The third-order valence-electron chi connectivity index (χ3n) is 12.6. The van der Waals surface area contributed by atoms with Crippen molar-refractivity contribution in [3.8, 4) is 0 Å². The molecule has 32 heavy (non-hydrogen) atoms. The van der Waals surface area contributed by atoms with Crippen molar-refractivity contribution in [2.24, 2.45) is 51.2 Å². The van der Waals surface area contributed by atoms with E-state index in [0.717, 1.165) is 42.4 Å². The fraction of sp³-hybridized carbons (Fsp3) is 0.967. The van der Waals surface area contributed by atoms with Crippen molar-refractivity contribution in [1.82, 2.24) is 0 Å². The van der Waals surface area contributed by atoms with E-state index in [2.05, 4.69) is 34.6 Å². The fourth-order valence-corrected chi connectivity index (χ4v) is 11.0. The molecule has 5 saturated carbocycles. The average Bonchev–Trinajstić information content (AvgIpc) is 3.29. The summed E-state index contributed by atoms with van der Waals surface area (Å²) in [5, 5.41) is 0. The lowest BCUT2D eigenvalue weighted by atomic mass is 9.43. The molecular formula is C30H50O2. The Hall–Kier alpha value is -0.530. The Labute approximate surface area is 198 Å². The topological polar surface area (TPSA) is 26.3 Å². The van der Waals surface area contributed by atoms with Crippen LogP contribution in [0.1, 0.15) is 125 Å². The highest BCUT2D eigenvalue weighted by molar-refractivity contribution is 5.66. The fourth-order valence-electron chi connectivity index (χ4n) is 11.0. The van der Waals surface area contributed by atoms with Crippen molar-refractivity contribution in [3.05, 3.63) is 0 Å². The summed E-state index contributed by atoms with van der Waals surface area (Å²) in [5.41, 5.74) is 2.34. The smallest absolute Gasteiger partial charge is 0.302 e. The van der Waals surface area contributed by atoms with Gasteiger partial charge in [0.1, 0.15) is 6.10 Å². The number of rotatable bonds is 6. The van der Waals surface area contributed by atoms with Crippen molar-refractivity contribution < 1.29 is 9.53 Å². The van der Waals surface area contributed by atoms with Crippen molar-refractivity contribution in [3.63, 3.8) is 0 Å². The quantitative estimate of drug-likeness (QED) is 0.388. The van der Waals surface area contributed by atoms with Crippen LogP contribution < -0.4 is 0 Å². The van der Waals surface area contributed by atoms with Gasteiger partial charge in [0.05, 0.1) is 0 Å². The van der Waals surface area contributed by atoms with E-state index in [1.807, 2.05) is 0 Å². The lowest BCUT2D eigenvalue weighted by molar-refractivity contribution is -0.156. The van der Waals surface area contributed by atoms with Gasteiger partial charge in [0.15, 0.2) is 0 Å². The molecule has 0 N–H and O–H groups in total. The Bertz CT molecular complexity index is 743. The molecule has 2 heteroatoms. The molecule has 0 bridgehead atoms. The molecule has 0 radical (unpaired) electrons. The van der Waals surface area contributed by atoms with Crippen LogP contribution in [-0.2, 0) is 9.53 Å². The SMILES string of the molecule is CC(=O)OC1CCC23CC24CCC2(C)C(C(C)CCCC(C)C)CCC2(C)C4CCC3C1. The summed E-state index contributed by atoms with van der Waals surface area (Å²) in [6, 6.07) is 0. The van der Waals surface area contributed by atoms with Crippen molar-refractivity contribution in [2.75, 3.05) is 0 Å². The van der Waals surface area contributed by atoms with Gasteiger partial charge in [-0.05, 0) is 115 Å². The molecule has 9 atom stereocenters. The molecule has 0 amide bonds. The number of ether oxygens (including phenoxy) is 1. The van der Waals surface area contributed by atoms with Crippen molar-refractivity contribution in [2.45, 2.75) is 131 Å². The number of hydrogen-bond acceptors (Lipinski definition) is 2. The average molecular weight is 443 g/mol. The Morgan fingerprint density at radius 1 is 0.906 bits per heavy atom. The minimum Gasteiger partial charge on any atom is -0.463 e. The number of esters is 1. The summed E-state index contributed by atoms with van der Waals surface area (Å²) in [4.78, 5) is 11.6. The highest BCUT2D eigenvalue weighted by Gasteiger charge is 2.80. The highest BCUT2D eigenvalue weighted by Crippen LogP contribution is 2.87. The first-order chi connectivity index (χ1) is 15.1. The zero-order chi connectivity index (χ0) is 22.9. The summed E-state index contributed by atoms with van der Waals surface area (Å²) in [7, 11) is 0. The molecule has 5 fully saturated rings. The number of hydrogen-bond donors (Lipinski definition) is 0. The Balaban J connectivity index is 1.32. The Morgan fingerprint density at radius 3 is 2.41 bits per heavy atom. The monoisotopic (exact) mass is 442 g/mol. The molecule has 0 saturated heterocycles. The summed E-state index contributed by atoms with van der Waals surface area (Å²) in [5.74, 6) is 4.35. The lowest BCUT2D eigenvalue weighted by Gasteiger charge is -2.61. The molecule has 2 nitrogen and oxygen atoms in total. The molecule has 0 aromatic heterocycles. The van der Waals surface area contributed by atoms with Crippen molar-refractivity contribution >= 4 is 5.97 Å². The van der Waals surface area contributed by atoms with Crippen LogP contribution in [0.2, 0.25) is 0 Å². The van der Waals surface area contributed by atoms with Gasteiger partial charge in [0.2, 0.25) is 0 Å². The lowest BCUT2D eigenvalue weighted by Crippen LogP contribution is -2.55. The van der Waals surface area contributed by atoms with Gasteiger partial charge in [0, 0.05) is 6.92 Å². The zero-order valence-electron chi connectivity index (χ0n) is 22.0. The van der Waals surface area contributed by atoms with Crippen LogP contribution in [0.15, 0.2) is 0 Å². The van der Waals surface area contributed by atoms with E-state index in [4.69, 9.17) is 4.74 Å². The van der Waals surface area contributed by atoms with E-state index in [-0.39, 0.29) is 12.1 Å². The van der Waals surface area contributed by atoms with Crippen LogP contribution in [0.5, 0.6) is 0 Å². The van der Waals surface area contributed by atoms with Crippen LogP contribution >= 0.6 is 0 Å². The number of carbonyl (C=O) groups is 1. The van der Waals surface area contributed by atoms with E-state index in [0.29, 0.717) is 21.7 Å². The van der Waals surface area contributed by atoms with Gasteiger partial charge in [0.25, 0.3) is 0 Å². The zero-order valence-corrected chi connectivity index (χ0v) is 22.0. The van der Waals surface area contributed by atoms with E-state index in [1.165, 1.54) is 70.6 Å². The highest BCUT2D eigenvalue weighted by atomic mass is 16.5. The van der Waals surface area contributed by atoms with E-state index in [1.54, 1.807) is 6.92 Å². The standard InChI is InChI=1S/C30H50O2/c1-20(2)8-7-9-21(3)25-13-14-28(6)26-11-10-23-18-24(32-22(4)31)12-15-29(23)19-30(26,29)17-16-27(25,28)5/h20-21,23-26H,7-19H2,1-6H3. The van der Waals surface area contributed by atoms with Crippen molar-refractivity contribution in [1.29, 1.82) is 0 Å². The van der Waals surface area contributed by atoms with Crippen LogP contribution in [-0.4, -0.2) is 12.1 Å². The molecule has 5 aliphatic carbocycles. The van der Waals surface area contributed by atoms with Gasteiger partial charge in [-0.2, -0.15) is 0 Å². The van der Waals surface area contributed by atoms with Gasteiger partial charge < -0.3 is 4.74 Å². The number of fused-ring (bicyclic) bond motifs is 2. The van der Waals surface area contributed by atoms with E-state index < -0.39 is 0 Å². The van der Waals surface area contributed by atoms with Crippen LogP contribution in [0.25, 0.3) is 0 Å². The molecule has 0 heterocycles. The third-order valence-corrected chi connectivity index (χ3v) is 12.6. The maximum absolute atomic E-state index is 11.6. The Kier molecular flexibility index (Phi) is 5.62. The number of carbonyl (C=O) groups excluding carboxylic acids is 1. The van der Waals surface area contributed by atoms with Gasteiger partial charge >= 0.3 is 5.97 Å². The molecule has 9 unspecified atom stereocenters. The molecular weight excluding hydrogens is 392 g/mol. The second kappa shape index (κ2) is 7.74. The van der Waals surface area contributed by atoms with Crippen LogP contribution in [0, 0.1) is 51.2 Å². The maximum Gasteiger partial charge on any atom is 0.302 e. The maximum atomic E-state index is 11.6. The van der Waals surface area contributed by atoms with E-state index >= 15 is 0 Å². The van der Waals surface area contributed by atoms with Crippen LogP contribution in [0.4, 0.5) is 0 Å². The Morgan fingerprint density at radius 2 is 1.69 bits per heavy atom. The van der Waals surface area contributed by atoms with Gasteiger partial charge in [-0.3, -0.25) is 4.79 Å². The summed E-state index contributed by atoms with van der Waals surface area (Å²) in [6.45, 7) is 14.4. The normalized spacial score (nSPS) is 50.1. The summed E-state index contributed by atoms with van der Waals surface area (Å²) < 4.78 is 5.69. The largest absolute Gasteiger partial charge is 0.463 e. The predicted octanol–water partition coefficient (Wildman–Crippen LogP) is 8.18. The second-order valence-electron chi connectivity index (χ2n) is 14.1. The molecule has 5 aliphatic rings. The predicted molar refractivity (Wildman–Crippen MR) is 131 cm³/mol. The molecule has 5 rings (SSSR count). The second-order valence-corrected chi connectivity index (χ2v) is 14.1. The summed E-state index contributed by atoms with van der Waals surface area (Å²) in [6.07, 6.45) is 18.3. The van der Waals surface area contributed by atoms with Gasteiger partial charge in [-0.25, -0.2) is 0 Å². The first-order valence-corrected chi connectivity index (χ1v) is 14.3. The van der Waals surface area contributed by atoms with Gasteiger partial charge in [-0.1, -0.05) is 53.9 Å². The van der Waals surface area contributed by atoms with Crippen LogP contribution in [0.3, 0.4) is 0 Å². The van der Waals surface area contributed by atoms with Gasteiger partial charge in [-0.15, -0.1) is 0 Å². The molecule has 0 aromatic carbocycles. The molecule has 2 spiro atoms. The minimum atomic E-state index is -0.0781. The molecule has 0 aliphatic heterocycles. The first-order valence-electron chi connectivity index (χ1n) is 14.3. The summed E-state index contributed by atoms with van der Waals surface area (Å²) >= 11 is 0. The third kappa shape index (κ3) is 3.12. The first kappa shape index (κ1) is 23.2. The molecule has 0 aromatic rings. The minimum absolute atomic E-state index is 0.0781.